The van der Waals surface area contributed by atoms with E-state index in [1.165, 1.54) is 0 Å². The minimum atomic E-state index is -1.87. The summed E-state index contributed by atoms with van der Waals surface area (Å²) in [5.74, 6) is 0.127. The Hall–Kier alpha value is -0.700. The largest absolute Gasteiger partial charge is 0.393 e. The Morgan fingerprint density at radius 3 is 2.38 bits per heavy atom. The van der Waals surface area contributed by atoms with Gasteiger partial charge in [-0.05, 0) is 39.0 Å². The molecular formula is C21H36O11. The predicted molar refractivity (Wildman–Crippen MR) is 108 cm³/mol. The molecule has 2 aliphatic heterocycles. The van der Waals surface area contributed by atoms with Gasteiger partial charge in [-0.1, -0.05) is 12.2 Å². The van der Waals surface area contributed by atoms with Gasteiger partial charge in [-0.25, -0.2) is 0 Å². The fourth-order valence-corrected chi connectivity index (χ4v) is 4.36. The molecule has 186 valence electrons. The van der Waals surface area contributed by atoms with Crippen LogP contribution in [0, 0.1) is 5.92 Å². The summed E-state index contributed by atoms with van der Waals surface area (Å²) >= 11 is 0. The van der Waals surface area contributed by atoms with Gasteiger partial charge in [0.25, 0.3) is 0 Å². The molecule has 2 heterocycles. The van der Waals surface area contributed by atoms with Crippen LogP contribution in [0.25, 0.3) is 0 Å². The maximum absolute atomic E-state index is 10.8. The number of hydrogen-bond acceptors (Lipinski definition) is 11. The third-order valence-corrected chi connectivity index (χ3v) is 6.86. The second kappa shape index (κ2) is 9.88. The summed E-state index contributed by atoms with van der Waals surface area (Å²) < 4.78 is 22.1. The minimum Gasteiger partial charge on any atom is -0.393 e. The smallest absolute Gasteiger partial charge is 0.187 e. The molecule has 0 bridgehead atoms. The lowest BCUT2D eigenvalue weighted by atomic mass is 9.75. The second-order valence-electron chi connectivity index (χ2n) is 9.53. The summed E-state index contributed by atoms with van der Waals surface area (Å²) in [5.41, 5.74) is -2.10. The molecule has 1 saturated carbocycles. The fraction of sp³-hybridized carbons (Fsp3) is 0.905. The van der Waals surface area contributed by atoms with Gasteiger partial charge in [-0.15, -0.1) is 0 Å². The molecule has 11 heteroatoms. The molecule has 11 atom stereocenters. The van der Waals surface area contributed by atoms with Gasteiger partial charge in [0, 0.05) is 0 Å². The van der Waals surface area contributed by atoms with E-state index in [-0.39, 0.29) is 19.1 Å². The van der Waals surface area contributed by atoms with Crippen molar-refractivity contribution in [3.63, 3.8) is 0 Å². The Bertz CT molecular complexity index is 658. The molecular weight excluding hydrogens is 428 g/mol. The zero-order valence-corrected chi connectivity index (χ0v) is 18.4. The van der Waals surface area contributed by atoms with E-state index in [4.69, 9.17) is 18.9 Å². The summed E-state index contributed by atoms with van der Waals surface area (Å²) in [5, 5.41) is 71.1. The molecule has 0 aromatic heterocycles. The summed E-state index contributed by atoms with van der Waals surface area (Å²) in [7, 11) is 0. The van der Waals surface area contributed by atoms with E-state index < -0.39 is 67.0 Å². The van der Waals surface area contributed by atoms with Crippen molar-refractivity contribution >= 4 is 0 Å². The zero-order valence-electron chi connectivity index (χ0n) is 18.4. The SMILES string of the molecule is C=C(C)[C@@H]1CC[C@](C)(O)[C@@H](O[C@@H]2O[C@H](CO[C@@H]3OC[C@](O)(CO)[C@H]3O)[C@@H](O)[C@H](O)[C@H]2O)C1. The molecule has 0 unspecified atom stereocenters. The normalized spacial score (nSPS) is 49.8. The van der Waals surface area contributed by atoms with Gasteiger partial charge in [0.1, 0.15) is 36.1 Å². The molecule has 3 fully saturated rings. The van der Waals surface area contributed by atoms with E-state index in [0.29, 0.717) is 12.8 Å². The first kappa shape index (κ1) is 25.9. The highest BCUT2D eigenvalue weighted by molar-refractivity contribution is 5.04. The van der Waals surface area contributed by atoms with Gasteiger partial charge in [-0.3, -0.25) is 0 Å². The highest BCUT2D eigenvalue weighted by Crippen LogP contribution is 2.38. The topological polar surface area (TPSA) is 179 Å². The minimum absolute atomic E-state index is 0.127. The van der Waals surface area contributed by atoms with Crippen LogP contribution in [0.15, 0.2) is 12.2 Å². The Kier molecular flexibility index (Phi) is 8.00. The van der Waals surface area contributed by atoms with Crippen molar-refractivity contribution in [1.29, 1.82) is 0 Å². The number of allylic oxidation sites excluding steroid dienone is 1. The van der Waals surface area contributed by atoms with Crippen LogP contribution in [0.1, 0.15) is 33.1 Å². The van der Waals surface area contributed by atoms with Gasteiger partial charge < -0.3 is 54.7 Å². The fourth-order valence-electron chi connectivity index (χ4n) is 4.36. The molecule has 32 heavy (non-hydrogen) atoms. The van der Waals surface area contributed by atoms with Gasteiger partial charge >= 0.3 is 0 Å². The monoisotopic (exact) mass is 464 g/mol. The number of aliphatic hydroxyl groups is 7. The van der Waals surface area contributed by atoms with Crippen molar-refractivity contribution in [3.05, 3.63) is 12.2 Å². The number of ether oxygens (including phenoxy) is 4. The first-order valence-electron chi connectivity index (χ1n) is 10.9. The first-order valence-corrected chi connectivity index (χ1v) is 10.9. The van der Waals surface area contributed by atoms with Crippen LogP contribution in [0.5, 0.6) is 0 Å². The highest BCUT2D eigenvalue weighted by Gasteiger charge is 2.51. The zero-order chi connectivity index (χ0) is 23.8. The summed E-state index contributed by atoms with van der Waals surface area (Å²) in [6.45, 7) is 6.05. The predicted octanol–water partition coefficient (Wildman–Crippen LogP) is -2.24. The van der Waals surface area contributed by atoms with Gasteiger partial charge in [0.15, 0.2) is 12.6 Å². The third kappa shape index (κ3) is 5.18. The van der Waals surface area contributed by atoms with Crippen LogP contribution < -0.4 is 0 Å². The average molecular weight is 465 g/mol. The van der Waals surface area contributed by atoms with Crippen molar-refractivity contribution < 1.29 is 54.7 Å². The van der Waals surface area contributed by atoms with E-state index in [2.05, 4.69) is 6.58 Å². The molecule has 0 aromatic rings. The highest BCUT2D eigenvalue weighted by atomic mass is 16.7. The van der Waals surface area contributed by atoms with Crippen molar-refractivity contribution in [2.24, 2.45) is 5.92 Å². The lowest BCUT2D eigenvalue weighted by molar-refractivity contribution is -0.332. The molecule has 1 aliphatic carbocycles. The number of aliphatic hydroxyl groups excluding tert-OH is 5. The summed E-state index contributed by atoms with van der Waals surface area (Å²) in [4.78, 5) is 0. The Morgan fingerprint density at radius 2 is 1.78 bits per heavy atom. The molecule has 11 nitrogen and oxygen atoms in total. The van der Waals surface area contributed by atoms with Gasteiger partial charge in [0.2, 0.25) is 0 Å². The molecule has 0 radical (unpaired) electrons. The van der Waals surface area contributed by atoms with Crippen molar-refractivity contribution in [3.8, 4) is 0 Å². The Morgan fingerprint density at radius 1 is 1.09 bits per heavy atom. The molecule has 0 amide bonds. The molecule has 3 rings (SSSR count). The van der Waals surface area contributed by atoms with Crippen LogP contribution in [0.3, 0.4) is 0 Å². The number of rotatable bonds is 7. The van der Waals surface area contributed by atoms with Crippen LogP contribution in [0.2, 0.25) is 0 Å². The Labute approximate surface area is 186 Å². The Balaban J connectivity index is 1.64. The van der Waals surface area contributed by atoms with Crippen LogP contribution >= 0.6 is 0 Å². The molecule has 3 aliphatic rings. The lowest BCUT2D eigenvalue weighted by Gasteiger charge is -2.46. The summed E-state index contributed by atoms with van der Waals surface area (Å²) in [6.07, 6.45) is -9.11. The maximum atomic E-state index is 10.8. The molecule has 7 N–H and O–H groups in total. The standard InChI is InChI=1S/C21H36O11/c1-10(2)11-4-5-20(3,27)13(6-11)32-18-16(25)15(24)14(23)12(31-18)7-29-19-17(26)21(28,8-22)9-30-19/h11-19,22-28H,1,4-9H2,2-3H3/t11-,12-,13+,14-,15+,16-,17+,18+,19-,20+,21-/m1/s1. The van der Waals surface area contributed by atoms with E-state index in [9.17, 15) is 35.7 Å². The van der Waals surface area contributed by atoms with Gasteiger partial charge in [-0.2, -0.15) is 0 Å². The lowest BCUT2D eigenvalue weighted by Crippen LogP contribution is -2.61. The third-order valence-electron chi connectivity index (χ3n) is 6.86. The van der Waals surface area contributed by atoms with Crippen molar-refractivity contribution in [2.45, 2.75) is 93.5 Å². The second-order valence-corrected chi connectivity index (χ2v) is 9.53. The quantitative estimate of drug-likeness (QED) is 0.203. The van der Waals surface area contributed by atoms with Crippen LogP contribution in [0.4, 0.5) is 0 Å². The van der Waals surface area contributed by atoms with Gasteiger partial charge in [0.05, 0.1) is 31.5 Å². The molecule has 0 aromatic carbocycles. The summed E-state index contributed by atoms with van der Waals surface area (Å²) in [6, 6.07) is 0. The maximum Gasteiger partial charge on any atom is 0.187 e. The molecule has 0 spiro atoms. The van der Waals surface area contributed by atoms with Crippen molar-refractivity contribution in [1.82, 2.24) is 0 Å². The first-order chi connectivity index (χ1) is 14.9. The average Bonchev–Trinajstić information content (AvgIpc) is 3.03. The van der Waals surface area contributed by atoms with E-state index in [1.54, 1.807) is 6.92 Å². The van der Waals surface area contributed by atoms with E-state index in [0.717, 1.165) is 12.0 Å². The van der Waals surface area contributed by atoms with Crippen LogP contribution in [-0.4, -0.2) is 116 Å². The van der Waals surface area contributed by atoms with E-state index in [1.807, 2.05) is 6.92 Å². The number of hydrogen-bond donors (Lipinski definition) is 7. The van der Waals surface area contributed by atoms with Crippen LogP contribution in [-0.2, 0) is 18.9 Å². The van der Waals surface area contributed by atoms with E-state index >= 15 is 0 Å². The molecule has 2 saturated heterocycles. The van der Waals surface area contributed by atoms with Crippen molar-refractivity contribution in [2.75, 3.05) is 19.8 Å².